The molecule has 1 aromatic heterocycles. The molecule has 2 amide bonds. The fraction of sp³-hybridized carbons (Fsp3) is 0.450. The van der Waals surface area contributed by atoms with Gasteiger partial charge in [0.1, 0.15) is 18.9 Å². The van der Waals surface area contributed by atoms with Crippen molar-refractivity contribution < 1.29 is 19.1 Å². The van der Waals surface area contributed by atoms with Crippen LogP contribution in [0.25, 0.3) is 0 Å². The van der Waals surface area contributed by atoms with Crippen molar-refractivity contribution in [2.45, 2.75) is 46.7 Å². The highest BCUT2D eigenvalue weighted by Gasteiger charge is 2.23. The minimum atomic E-state index is -0.733. The van der Waals surface area contributed by atoms with E-state index in [0.29, 0.717) is 12.1 Å². The van der Waals surface area contributed by atoms with Crippen molar-refractivity contribution in [2.75, 3.05) is 12.4 Å². The Morgan fingerprint density at radius 3 is 2.52 bits per heavy atom. The van der Waals surface area contributed by atoms with Gasteiger partial charge in [-0.05, 0) is 49.4 Å². The first kappa shape index (κ1) is 22.1. The van der Waals surface area contributed by atoms with Crippen molar-refractivity contribution >= 4 is 23.5 Å². The van der Waals surface area contributed by atoms with Gasteiger partial charge in [0, 0.05) is 5.69 Å². The molecule has 0 bridgehead atoms. The van der Waals surface area contributed by atoms with Crippen LogP contribution < -0.4 is 10.6 Å². The summed E-state index contributed by atoms with van der Waals surface area (Å²) in [5.41, 5.74) is 2.82. The first-order chi connectivity index (χ1) is 13.7. The fourth-order valence-electron chi connectivity index (χ4n) is 2.70. The molecule has 156 valence electrons. The van der Waals surface area contributed by atoms with Crippen LogP contribution in [0, 0.1) is 19.8 Å². The number of amides is 2. The van der Waals surface area contributed by atoms with Gasteiger partial charge in [0.2, 0.25) is 11.7 Å². The number of esters is 1. The van der Waals surface area contributed by atoms with Gasteiger partial charge in [0.05, 0.1) is 7.11 Å². The molecule has 9 heteroatoms. The van der Waals surface area contributed by atoms with E-state index >= 15 is 0 Å². The molecule has 2 rings (SSSR count). The van der Waals surface area contributed by atoms with E-state index in [-0.39, 0.29) is 18.3 Å². The van der Waals surface area contributed by atoms with E-state index in [1.54, 1.807) is 6.07 Å². The second-order valence-electron chi connectivity index (χ2n) is 7.29. The molecule has 0 spiro atoms. The maximum Gasteiger partial charge on any atom is 0.328 e. The van der Waals surface area contributed by atoms with Gasteiger partial charge < -0.3 is 15.4 Å². The Kier molecular flexibility index (Phi) is 7.46. The summed E-state index contributed by atoms with van der Waals surface area (Å²) in [6.45, 7) is 7.66. The van der Waals surface area contributed by atoms with Gasteiger partial charge in [-0.3, -0.25) is 9.59 Å². The highest BCUT2D eigenvalue weighted by molar-refractivity contribution is 6.01. The summed E-state index contributed by atoms with van der Waals surface area (Å²) < 4.78 is 5.98. The Hall–Kier alpha value is -3.23. The highest BCUT2D eigenvalue weighted by atomic mass is 16.5. The van der Waals surface area contributed by atoms with Gasteiger partial charge in [0.15, 0.2) is 0 Å². The number of rotatable bonds is 8. The third-order valence-corrected chi connectivity index (χ3v) is 4.34. The number of carbonyl (C=O) groups is 3. The number of ether oxygens (including phenoxy) is 1. The molecular formula is C20H27N5O4. The second kappa shape index (κ2) is 9.81. The number of methoxy groups -OCH3 is 1. The molecule has 9 nitrogen and oxygen atoms in total. The molecule has 1 heterocycles. The number of aromatic nitrogens is 3. The minimum absolute atomic E-state index is 0.0530. The molecule has 29 heavy (non-hydrogen) atoms. The zero-order valence-electron chi connectivity index (χ0n) is 17.4. The molecule has 0 aliphatic heterocycles. The number of aryl methyl sites for hydroxylation is 2. The van der Waals surface area contributed by atoms with E-state index < -0.39 is 23.8 Å². The molecule has 0 saturated heterocycles. The van der Waals surface area contributed by atoms with Crippen LogP contribution in [0.1, 0.15) is 42.0 Å². The van der Waals surface area contributed by atoms with Gasteiger partial charge in [-0.2, -0.15) is 0 Å². The summed E-state index contributed by atoms with van der Waals surface area (Å²) in [5.74, 6) is -1.25. The van der Waals surface area contributed by atoms with Crippen LogP contribution in [0.5, 0.6) is 0 Å². The van der Waals surface area contributed by atoms with E-state index in [9.17, 15) is 14.4 Å². The van der Waals surface area contributed by atoms with Crippen LogP contribution in [-0.4, -0.2) is 45.7 Å². The standard InChI is InChI=1S/C20H27N5O4/c1-12(2)8-16(20(28)29-5)23-17(26)10-25-11-21-18(24-25)19(27)22-15-7-6-13(3)14(4)9-15/h6-7,9,11-12,16H,8,10H2,1-5H3,(H,22,27)(H,23,26)/t16-/m0/s1. The van der Waals surface area contributed by atoms with Crippen LogP contribution in [0.3, 0.4) is 0 Å². The zero-order valence-corrected chi connectivity index (χ0v) is 17.4. The third-order valence-electron chi connectivity index (χ3n) is 4.34. The van der Waals surface area contributed by atoms with Gasteiger partial charge in [-0.25, -0.2) is 14.5 Å². The number of nitrogens with one attached hydrogen (secondary N) is 2. The zero-order chi connectivity index (χ0) is 21.6. The lowest BCUT2D eigenvalue weighted by molar-refractivity contribution is -0.145. The predicted octanol–water partition coefficient (Wildman–Crippen LogP) is 1.85. The molecule has 1 aromatic carbocycles. The molecular weight excluding hydrogens is 374 g/mol. The first-order valence-electron chi connectivity index (χ1n) is 9.34. The van der Waals surface area contributed by atoms with Crippen LogP contribution in [0.2, 0.25) is 0 Å². The van der Waals surface area contributed by atoms with E-state index in [1.807, 2.05) is 39.8 Å². The Morgan fingerprint density at radius 1 is 1.17 bits per heavy atom. The maximum atomic E-state index is 12.3. The van der Waals surface area contributed by atoms with E-state index in [1.165, 1.54) is 18.1 Å². The summed E-state index contributed by atoms with van der Waals surface area (Å²) in [6, 6.07) is 4.84. The first-order valence-corrected chi connectivity index (χ1v) is 9.34. The summed E-state index contributed by atoms with van der Waals surface area (Å²) in [4.78, 5) is 40.4. The van der Waals surface area contributed by atoms with Gasteiger partial charge in [-0.1, -0.05) is 19.9 Å². The average Bonchev–Trinajstić information content (AvgIpc) is 3.11. The van der Waals surface area contributed by atoms with Gasteiger partial charge >= 0.3 is 5.97 Å². The Balaban J connectivity index is 1.97. The summed E-state index contributed by atoms with van der Waals surface area (Å²) in [5, 5.41) is 9.40. The summed E-state index contributed by atoms with van der Waals surface area (Å²) in [6.07, 6.45) is 1.75. The van der Waals surface area contributed by atoms with Gasteiger partial charge in [-0.15, -0.1) is 5.10 Å². The van der Waals surface area contributed by atoms with Crippen LogP contribution in [0.4, 0.5) is 5.69 Å². The molecule has 0 aliphatic rings. The molecule has 1 atom stereocenters. The van der Waals surface area contributed by atoms with E-state index in [0.717, 1.165) is 11.1 Å². The Morgan fingerprint density at radius 2 is 1.90 bits per heavy atom. The predicted molar refractivity (Wildman–Crippen MR) is 107 cm³/mol. The Labute approximate surface area is 169 Å². The SMILES string of the molecule is COC(=O)[C@H](CC(C)C)NC(=O)Cn1cnc(C(=O)Nc2ccc(C)c(C)c2)n1. The molecule has 0 saturated carbocycles. The number of anilines is 1. The third kappa shape index (κ3) is 6.41. The number of nitrogens with zero attached hydrogens (tertiary/aromatic N) is 3. The minimum Gasteiger partial charge on any atom is -0.467 e. The molecule has 0 aliphatic carbocycles. The van der Waals surface area contributed by atoms with Crippen LogP contribution in [0.15, 0.2) is 24.5 Å². The number of hydrogen-bond donors (Lipinski definition) is 2. The quantitative estimate of drug-likeness (QED) is 0.652. The number of hydrogen-bond acceptors (Lipinski definition) is 6. The lowest BCUT2D eigenvalue weighted by Crippen LogP contribution is -2.43. The van der Waals surface area contributed by atoms with E-state index in [4.69, 9.17) is 4.74 Å². The molecule has 2 N–H and O–H groups in total. The average molecular weight is 401 g/mol. The van der Waals surface area contributed by atoms with Crippen molar-refractivity contribution in [3.05, 3.63) is 41.5 Å². The number of benzene rings is 1. The topological polar surface area (TPSA) is 115 Å². The van der Waals surface area contributed by atoms with Crippen molar-refractivity contribution in [3.63, 3.8) is 0 Å². The van der Waals surface area contributed by atoms with Crippen molar-refractivity contribution in [1.82, 2.24) is 20.1 Å². The molecule has 0 unspecified atom stereocenters. The molecule has 0 radical (unpaired) electrons. The normalized spacial score (nSPS) is 11.8. The van der Waals surface area contributed by atoms with Crippen LogP contribution in [-0.2, 0) is 20.9 Å². The Bertz CT molecular complexity index is 891. The monoisotopic (exact) mass is 401 g/mol. The number of carbonyl (C=O) groups excluding carboxylic acids is 3. The largest absolute Gasteiger partial charge is 0.467 e. The fourth-order valence-corrected chi connectivity index (χ4v) is 2.70. The van der Waals surface area contributed by atoms with Crippen molar-refractivity contribution in [2.24, 2.45) is 5.92 Å². The lowest BCUT2D eigenvalue weighted by Gasteiger charge is -2.18. The smallest absolute Gasteiger partial charge is 0.328 e. The van der Waals surface area contributed by atoms with Crippen LogP contribution >= 0.6 is 0 Å². The highest BCUT2D eigenvalue weighted by Crippen LogP contribution is 2.14. The summed E-state index contributed by atoms with van der Waals surface area (Å²) in [7, 11) is 1.28. The summed E-state index contributed by atoms with van der Waals surface area (Å²) >= 11 is 0. The molecule has 0 fully saturated rings. The van der Waals surface area contributed by atoms with Crippen molar-refractivity contribution in [3.8, 4) is 0 Å². The lowest BCUT2D eigenvalue weighted by atomic mass is 10.0. The van der Waals surface area contributed by atoms with E-state index in [2.05, 4.69) is 20.7 Å². The van der Waals surface area contributed by atoms with Crippen molar-refractivity contribution in [1.29, 1.82) is 0 Å². The maximum absolute atomic E-state index is 12.3. The molecule has 2 aromatic rings. The second-order valence-corrected chi connectivity index (χ2v) is 7.29. The van der Waals surface area contributed by atoms with Gasteiger partial charge in [0.25, 0.3) is 5.91 Å².